The molecular formula is C14H15FN2OS. The van der Waals surface area contributed by atoms with Crippen molar-refractivity contribution in [2.45, 2.75) is 24.1 Å². The van der Waals surface area contributed by atoms with Crippen LogP contribution in [0.5, 0.6) is 5.88 Å². The van der Waals surface area contributed by atoms with Gasteiger partial charge in [-0.15, -0.1) is 10.2 Å². The molecule has 0 N–H and O–H groups in total. The number of thioether (sulfide) groups is 1. The molecule has 3 nitrogen and oxygen atoms in total. The fraction of sp³-hybridized carbons (Fsp3) is 0.286. The molecule has 5 heteroatoms. The van der Waals surface area contributed by atoms with Crippen molar-refractivity contribution < 1.29 is 9.13 Å². The summed E-state index contributed by atoms with van der Waals surface area (Å²) in [4.78, 5) is 0. The molecule has 1 aromatic heterocycles. The minimum Gasteiger partial charge on any atom is -0.477 e. The molecule has 2 aromatic rings. The molecule has 2 rings (SSSR count). The number of benzene rings is 1. The number of rotatable bonds is 6. The molecule has 0 fully saturated rings. The maximum atomic E-state index is 13.0. The lowest BCUT2D eigenvalue weighted by Crippen LogP contribution is -1.98. The second-order valence-electron chi connectivity index (χ2n) is 3.98. The fourth-order valence-corrected chi connectivity index (χ4v) is 2.21. The van der Waals surface area contributed by atoms with Gasteiger partial charge < -0.3 is 4.74 Å². The van der Waals surface area contributed by atoms with Gasteiger partial charge in [0.05, 0.1) is 6.61 Å². The van der Waals surface area contributed by atoms with Crippen LogP contribution in [0.3, 0.4) is 0 Å². The van der Waals surface area contributed by atoms with E-state index in [1.165, 1.54) is 23.9 Å². The van der Waals surface area contributed by atoms with Crippen molar-refractivity contribution in [3.8, 4) is 5.88 Å². The SMILES string of the molecule is CCCOc1ccc(SCc2cccc(F)c2)nn1. The smallest absolute Gasteiger partial charge is 0.233 e. The zero-order valence-corrected chi connectivity index (χ0v) is 11.5. The first-order valence-corrected chi connectivity index (χ1v) is 7.10. The Morgan fingerprint density at radius 2 is 2.11 bits per heavy atom. The highest BCUT2D eigenvalue weighted by molar-refractivity contribution is 7.98. The number of nitrogens with zero attached hydrogens (tertiary/aromatic N) is 2. The lowest BCUT2D eigenvalue weighted by atomic mass is 10.2. The average molecular weight is 278 g/mol. The molecule has 0 atom stereocenters. The van der Waals surface area contributed by atoms with Crippen LogP contribution in [-0.2, 0) is 5.75 Å². The van der Waals surface area contributed by atoms with Crippen molar-refractivity contribution in [2.24, 2.45) is 0 Å². The Hall–Kier alpha value is -1.62. The van der Waals surface area contributed by atoms with Crippen LogP contribution < -0.4 is 4.74 Å². The van der Waals surface area contributed by atoms with Crippen LogP contribution in [0, 0.1) is 5.82 Å². The van der Waals surface area contributed by atoms with Gasteiger partial charge in [-0.05, 0) is 30.2 Å². The quantitative estimate of drug-likeness (QED) is 0.755. The van der Waals surface area contributed by atoms with Gasteiger partial charge in [0.1, 0.15) is 10.8 Å². The van der Waals surface area contributed by atoms with Gasteiger partial charge in [0.25, 0.3) is 0 Å². The molecule has 0 aliphatic heterocycles. The first kappa shape index (κ1) is 13.8. The number of aromatic nitrogens is 2. The Morgan fingerprint density at radius 1 is 1.21 bits per heavy atom. The van der Waals surface area contributed by atoms with E-state index >= 15 is 0 Å². The lowest BCUT2D eigenvalue weighted by Gasteiger charge is -2.04. The summed E-state index contributed by atoms with van der Waals surface area (Å²) in [6, 6.07) is 10.2. The van der Waals surface area contributed by atoms with E-state index < -0.39 is 0 Å². The molecule has 1 heterocycles. The predicted molar refractivity (Wildman–Crippen MR) is 73.8 cm³/mol. The van der Waals surface area contributed by atoms with Crippen LogP contribution in [0.25, 0.3) is 0 Å². The van der Waals surface area contributed by atoms with Crippen LogP contribution in [0.15, 0.2) is 41.4 Å². The van der Waals surface area contributed by atoms with Gasteiger partial charge in [-0.1, -0.05) is 30.8 Å². The third-order valence-corrected chi connectivity index (χ3v) is 3.34. The van der Waals surface area contributed by atoms with Crippen molar-refractivity contribution in [1.29, 1.82) is 0 Å². The molecule has 0 unspecified atom stereocenters. The summed E-state index contributed by atoms with van der Waals surface area (Å²) in [6.45, 7) is 2.68. The summed E-state index contributed by atoms with van der Waals surface area (Å²) in [5.74, 6) is 0.992. The van der Waals surface area contributed by atoms with Crippen molar-refractivity contribution in [2.75, 3.05) is 6.61 Å². The molecule has 0 saturated carbocycles. The standard InChI is InChI=1S/C14H15FN2OS/c1-2-8-18-13-6-7-14(17-16-13)19-10-11-4-3-5-12(15)9-11/h3-7,9H,2,8,10H2,1H3. The predicted octanol–water partition coefficient (Wildman–Crippen LogP) is 3.70. The van der Waals surface area contributed by atoms with Crippen LogP contribution in [0.2, 0.25) is 0 Å². The zero-order chi connectivity index (χ0) is 13.5. The van der Waals surface area contributed by atoms with E-state index in [0.29, 0.717) is 18.2 Å². The third kappa shape index (κ3) is 4.52. The van der Waals surface area contributed by atoms with E-state index in [2.05, 4.69) is 10.2 Å². The minimum atomic E-state index is -0.215. The van der Waals surface area contributed by atoms with Gasteiger partial charge in [-0.2, -0.15) is 0 Å². The van der Waals surface area contributed by atoms with Gasteiger partial charge in [-0.3, -0.25) is 0 Å². The molecule has 0 saturated heterocycles. The largest absolute Gasteiger partial charge is 0.477 e. The molecule has 0 aliphatic carbocycles. The van der Waals surface area contributed by atoms with E-state index in [1.807, 2.05) is 19.1 Å². The molecule has 19 heavy (non-hydrogen) atoms. The molecule has 1 aromatic carbocycles. The van der Waals surface area contributed by atoms with E-state index in [1.54, 1.807) is 12.1 Å². The summed E-state index contributed by atoms with van der Waals surface area (Å²) in [6.07, 6.45) is 0.942. The van der Waals surface area contributed by atoms with Crippen LogP contribution in [-0.4, -0.2) is 16.8 Å². The van der Waals surface area contributed by atoms with Crippen LogP contribution in [0.4, 0.5) is 4.39 Å². The van der Waals surface area contributed by atoms with Crippen LogP contribution in [0.1, 0.15) is 18.9 Å². The van der Waals surface area contributed by atoms with Gasteiger partial charge in [-0.25, -0.2) is 4.39 Å². The molecule has 0 bridgehead atoms. The topological polar surface area (TPSA) is 35.0 Å². The Bertz CT molecular complexity index is 519. The summed E-state index contributed by atoms with van der Waals surface area (Å²) in [5, 5.41) is 8.84. The van der Waals surface area contributed by atoms with E-state index in [-0.39, 0.29) is 5.82 Å². The Labute approximate surface area is 116 Å². The van der Waals surface area contributed by atoms with E-state index in [4.69, 9.17) is 4.74 Å². The fourth-order valence-electron chi connectivity index (χ4n) is 1.45. The van der Waals surface area contributed by atoms with Gasteiger partial charge in [0.15, 0.2) is 0 Å². The third-order valence-electron chi connectivity index (χ3n) is 2.35. The van der Waals surface area contributed by atoms with E-state index in [0.717, 1.165) is 17.0 Å². The number of halogens is 1. The van der Waals surface area contributed by atoms with Crippen molar-refractivity contribution in [3.05, 3.63) is 47.8 Å². The molecule has 0 spiro atoms. The van der Waals surface area contributed by atoms with Crippen molar-refractivity contribution in [3.63, 3.8) is 0 Å². The molecule has 100 valence electrons. The first-order valence-electron chi connectivity index (χ1n) is 6.11. The van der Waals surface area contributed by atoms with Gasteiger partial charge >= 0.3 is 0 Å². The lowest BCUT2D eigenvalue weighted by molar-refractivity contribution is 0.300. The van der Waals surface area contributed by atoms with Crippen molar-refractivity contribution >= 4 is 11.8 Å². The summed E-state index contributed by atoms with van der Waals surface area (Å²) in [5.41, 5.74) is 0.929. The summed E-state index contributed by atoms with van der Waals surface area (Å²) in [7, 11) is 0. The highest BCUT2D eigenvalue weighted by Gasteiger charge is 2.01. The summed E-state index contributed by atoms with van der Waals surface area (Å²) >= 11 is 1.52. The average Bonchev–Trinajstić information content (AvgIpc) is 2.44. The van der Waals surface area contributed by atoms with Crippen LogP contribution >= 0.6 is 11.8 Å². The Kier molecular flexibility index (Phi) is 5.15. The Balaban J connectivity index is 1.89. The molecule has 0 amide bonds. The van der Waals surface area contributed by atoms with Crippen molar-refractivity contribution in [1.82, 2.24) is 10.2 Å². The second-order valence-corrected chi connectivity index (χ2v) is 4.97. The monoisotopic (exact) mass is 278 g/mol. The molecular weight excluding hydrogens is 263 g/mol. The highest BCUT2D eigenvalue weighted by atomic mass is 32.2. The van der Waals surface area contributed by atoms with Gasteiger partial charge in [0.2, 0.25) is 5.88 Å². The number of ether oxygens (including phenoxy) is 1. The number of hydrogen-bond donors (Lipinski definition) is 0. The molecule has 0 aliphatic rings. The second kappa shape index (κ2) is 7.09. The normalized spacial score (nSPS) is 10.4. The highest BCUT2D eigenvalue weighted by Crippen LogP contribution is 2.21. The molecule has 0 radical (unpaired) electrons. The number of hydrogen-bond acceptors (Lipinski definition) is 4. The zero-order valence-electron chi connectivity index (χ0n) is 10.7. The minimum absolute atomic E-state index is 0.215. The first-order chi connectivity index (χ1) is 9.28. The van der Waals surface area contributed by atoms with E-state index in [9.17, 15) is 4.39 Å². The maximum Gasteiger partial charge on any atom is 0.233 e. The Morgan fingerprint density at radius 3 is 2.79 bits per heavy atom. The summed E-state index contributed by atoms with van der Waals surface area (Å²) < 4.78 is 18.4. The van der Waals surface area contributed by atoms with Gasteiger partial charge in [0, 0.05) is 11.8 Å². The maximum absolute atomic E-state index is 13.0.